The number of hydrogen-bond donors (Lipinski definition) is 2. The largest absolute Gasteiger partial charge is 0.491 e. The lowest BCUT2D eigenvalue weighted by atomic mass is 9.83. The van der Waals surface area contributed by atoms with Gasteiger partial charge in [0, 0.05) is 6.07 Å². The van der Waals surface area contributed by atoms with Crippen molar-refractivity contribution in [2.24, 2.45) is 0 Å². The van der Waals surface area contributed by atoms with Crippen molar-refractivity contribution in [2.75, 3.05) is 52.9 Å². The van der Waals surface area contributed by atoms with E-state index >= 15 is 0 Å². The van der Waals surface area contributed by atoms with Crippen LogP contribution in [-0.4, -0.2) is 112 Å². The van der Waals surface area contributed by atoms with Crippen LogP contribution in [0.4, 0.5) is 0 Å². The topological polar surface area (TPSA) is 174 Å². The van der Waals surface area contributed by atoms with E-state index in [1.165, 1.54) is 11.1 Å². The number of benzene rings is 5. The number of aliphatic hydroxyl groups is 2. The summed E-state index contributed by atoms with van der Waals surface area (Å²) in [6.45, 7) is 2.62. The lowest BCUT2D eigenvalue weighted by molar-refractivity contribution is 0.0186. The molecule has 4 fully saturated rings. The van der Waals surface area contributed by atoms with E-state index in [9.17, 15) is 19.8 Å². The van der Waals surface area contributed by atoms with Gasteiger partial charge < -0.3 is 57.6 Å². The highest BCUT2D eigenvalue weighted by Crippen LogP contribution is 2.37. The molecule has 4 unspecified atom stereocenters. The molecule has 370 valence electrons. The molecule has 14 heteroatoms. The molecule has 0 amide bonds. The molecule has 9 rings (SSSR count). The fourth-order valence-electron chi connectivity index (χ4n) is 8.74. The maximum absolute atomic E-state index is 12.9. The average molecular weight is 959 g/mol. The van der Waals surface area contributed by atoms with Crippen molar-refractivity contribution in [3.63, 3.8) is 0 Å². The van der Waals surface area contributed by atoms with Gasteiger partial charge >= 0.3 is 11.9 Å². The van der Waals surface area contributed by atoms with Crippen LogP contribution in [0.3, 0.4) is 0 Å². The van der Waals surface area contributed by atoms with E-state index < -0.39 is 12.2 Å². The number of esters is 2. The third-order valence-corrected chi connectivity index (χ3v) is 13.0. The van der Waals surface area contributed by atoms with Crippen LogP contribution in [0.5, 0.6) is 34.5 Å². The van der Waals surface area contributed by atoms with Crippen LogP contribution in [0.1, 0.15) is 95.0 Å². The predicted octanol–water partition coefficient (Wildman–Crippen LogP) is 8.65. The van der Waals surface area contributed by atoms with Gasteiger partial charge in [0.1, 0.15) is 111 Å². The molecule has 4 aliphatic rings. The molecule has 2 aliphatic carbocycles. The molecule has 0 spiro atoms. The molecule has 2 aliphatic heterocycles. The number of epoxide rings is 2. The molecule has 70 heavy (non-hydrogen) atoms. The SMILES string of the molecule is O=C(OC1CCC(c2ccc(OCC(O)COc3cccc(OCC(O)COc4ccc(C(=O)OC5CCC(c6ccc(OCC7CO7)cc6)CC5)cc4)c3)cc2)CC1)c1ccc(OCC2CO2)cc1. The Morgan fingerprint density at radius 3 is 1.13 bits per heavy atom. The molecular formula is C56H62O14. The second-order valence-corrected chi connectivity index (χ2v) is 18.5. The van der Waals surface area contributed by atoms with Crippen molar-refractivity contribution in [2.45, 2.75) is 99.8 Å². The van der Waals surface area contributed by atoms with Crippen molar-refractivity contribution < 1.29 is 67.2 Å². The first-order valence-corrected chi connectivity index (χ1v) is 24.5. The highest BCUT2D eigenvalue weighted by Gasteiger charge is 2.28. The Morgan fingerprint density at radius 2 is 0.771 bits per heavy atom. The van der Waals surface area contributed by atoms with Gasteiger partial charge in [0.15, 0.2) is 0 Å². The second-order valence-electron chi connectivity index (χ2n) is 18.5. The minimum atomic E-state index is -0.929. The minimum Gasteiger partial charge on any atom is -0.491 e. The number of carbonyl (C=O) groups is 2. The van der Waals surface area contributed by atoms with Gasteiger partial charge in [-0.25, -0.2) is 9.59 Å². The van der Waals surface area contributed by atoms with E-state index in [2.05, 4.69) is 24.3 Å². The molecule has 5 aromatic rings. The van der Waals surface area contributed by atoms with Gasteiger partial charge in [0.2, 0.25) is 0 Å². The van der Waals surface area contributed by atoms with Gasteiger partial charge in [-0.2, -0.15) is 0 Å². The van der Waals surface area contributed by atoms with Crippen molar-refractivity contribution in [1.29, 1.82) is 0 Å². The third kappa shape index (κ3) is 14.8. The van der Waals surface area contributed by atoms with E-state index in [0.717, 1.165) is 70.3 Å². The maximum Gasteiger partial charge on any atom is 0.338 e. The quantitative estimate of drug-likeness (QED) is 0.0444. The number of carbonyl (C=O) groups excluding carboxylic acids is 2. The molecular weight excluding hydrogens is 897 g/mol. The molecule has 2 N–H and O–H groups in total. The second kappa shape index (κ2) is 24.0. The zero-order valence-corrected chi connectivity index (χ0v) is 39.3. The molecule has 2 saturated carbocycles. The molecule has 2 saturated heterocycles. The van der Waals surface area contributed by atoms with Crippen LogP contribution in [0, 0.1) is 0 Å². The van der Waals surface area contributed by atoms with E-state index in [0.29, 0.717) is 64.9 Å². The Kier molecular flexibility index (Phi) is 16.7. The summed E-state index contributed by atoms with van der Waals surface area (Å²) in [6, 6.07) is 36.9. The molecule has 14 nitrogen and oxygen atoms in total. The predicted molar refractivity (Wildman–Crippen MR) is 257 cm³/mol. The fourth-order valence-corrected chi connectivity index (χ4v) is 8.74. The Bertz CT molecular complexity index is 2400. The molecule has 0 radical (unpaired) electrons. The first kappa shape index (κ1) is 48.7. The monoisotopic (exact) mass is 958 g/mol. The fraction of sp³-hybridized carbons (Fsp3) is 0.429. The lowest BCUT2D eigenvalue weighted by Gasteiger charge is -2.28. The minimum absolute atomic E-state index is 0.00302. The maximum atomic E-state index is 12.9. The summed E-state index contributed by atoms with van der Waals surface area (Å²) in [5.41, 5.74) is 3.44. The van der Waals surface area contributed by atoms with Crippen LogP contribution in [0.2, 0.25) is 0 Å². The Balaban J connectivity index is 0.617. The first-order valence-electron chi connectivity index (χ1n) is 24.5. The number of aliphatic hydroxyl groups excluding tert-OH is 2. The highest BCUT2D eigenvalue weighted by molar-refractivity contribution is 5.90. The third-order valence-electron chi connectivity index (χ3n) is 13.0. The standard InChI is InChI=1S/C56H62O14/c57-43(29-61-45-16-4-37(5-17-45)39-8-24-50(25-9-39)70-56(60)42-14-22-48(23-15-42)66-34-54-36-68-54)31-63-51-2-1-3-52(28-51)64-32-44(58)30-62-46-20-12-41(13-21-46)55(59)69-49-26-10-40(11-27-49)38-6-18-47(19-7-38)65-33-53-35-67-53/h1-7,12-23,28,39-40,43-44,49-50,53-54,57-58H,8-11,24-27,29-36H2. The molecule has 5 aromatic carbocycles. The van der Waals surface area contributed by atoms with Gasteiger partial charge in [-0.3, -0.25) is 0 Å². The Labute approximate surface area is 408 Å². The highest BCUT2D eigenvalue weighted by atomic mass is 16.6. The van der Waals surface area contributed by atoms with Crippen LogP contribution in [-0.2, 0) is 18.9 Å². The zero-order chi connectivity index (χ0) is 48.1. The van der Waals surface area contributed by atoms with Crippen molar-refractivity contribution in [3.8, 4) is 34.5 Å². The molecule has 0 aromatic heterocycles. The van der Waals surface area contributed by atoms with E-state index in [4.69, 9.17) is 47.4 Å². The van der Waals surface area contributed by atoms with Gasteiger partial charge in [-0.05, 0) is 159 Å². The van der Waals surface area contributed by atoms with Gasteiger partial charge in [-0.1, -0.05) is 30.3 Å². The average Bonchev–Trinajstić information content (AvgIpc) is 4.36. The van der Waals surface area contributed by atoms with Crippen LogP contribution in [0.15, 0.2) is 121 Å². The van der Waals surface area contributed by atoms with Crippen molar-refractivity contribution in [1.82, 2.24) is 0 Å². The lowest BCUT2D eigenvalue weighted by Crippen LogP contribution is -2.25. The molecule has 2 heterocycles. The van der Waals surface area contributed by atoms with E-state index in [1.54, 1.807) is 72.8 Å². The van der Waals surface area contributed by atoms with Gasteiger partial charge in [0.05, 0.1) is 24.3 Å². The summed E-state index contributed by atoms with van der Waals surface area (Å²) in [7, 11) is 0. The summed E-state index contributed by atoms with van der Waals surface area (Å²) in [5, 5.41) is 21.2. The number of rotatable bonds is 24. The smallest absolute Gasteiger partial charge is 0.338 e. The number of hydrogen-bond acceptors (Lipinski definition) is 14. The van der Waals surface area contributed by atoms with Crippen molar-refractivity contribution in [3.05, 3.63) is 144 Å². The normalized spacial score (nSPS) is 22.4. The summed E-state index contributed by atoms with van der Waals surface area (Å²) in [5.74, 6) is 3.80. The van der Waals surface area contributed by atoms with Crippen LogP contribution in [0.25, 0.3) is 0 Å². The van der Waals surface area contributed by atoms with E-state index in [-0.39, 0.29) is 62.8 Å². The van der Waals surface area contributed by atoms with E-state index in [1.807, 2.05) is 24.3 Å². The van der Waals surface area contributed by atoms with Crippen LogP contribution < -0.4 is 28.4 Å². The first-order chi connectivity index (χ1) is 34.2. The van der Waals surface area contributed by atoms with Crippen molar-refractivity contribution >= 4 is 11.9 Å². The summed E-state index contributed by atoms with van der Waals surface area (Å²) in [4.78, 5) is 25.7. The summed E-state index contributed by atoms with van der Waals surface area (Å²) >= 11 is 0. The van der Waals surface area contributed by atoms with Gasteiger partial charge in [0.25, 0.3) is 0 Å². The molecule has 0 bridgehead atoms. The van der Waals surface area contributed by atoms with Crippen LogP contribution >= 0.6 is 0 Å². The Hall–Kier alpha value is -6.32. The molecule has 4 atom stereocenters. The Morgan fingerprint density at radius 1 is 0.443 bits per heavy atom. The zero-order valence-electron chi connectivity index (χ0n) is 39.3. The summed E-state index contributed by atoms with van der Waals surface area (Å²) in [6.07, 6.45) is 5.28. The summed E-state index contributed by atoms with van der Waals surface area (Å²) < 4.78 is 56.7. The van der Waals surface area contributed by atoms with Gasteiger partial charge in [-0.15, -0.1) is 0 Å². The number of ether oxygens (including phenoxy) is 10.